The van der Waals surface area contributed by atoms with Crippen LogP contribution in [0.15, 0.2) is 0 Å². The van der Waals surface area contributed by atoms with Crippen LogP contribution in [-0.2, 0) is 14.2 Å². The van der Waals surface area contributed by atoms with Crippen molar-refractivity contribution in [3.8, 4) is 0 Å². The predicted octanol–water partition coefficient (Wildman–Crippen LogP) is 0.396. The van der Waals surface area contributed by atoms with Crippen LogP contribution in [0.5, 0.6) is 0 Å². The molecule has 0 spiro atoms. The predicted molar refractivity (Wildman–Crippen MR) is 32.2 cm³/mol. The summed E-state index contributed by atoms with van der Waals surface area (Å²) in [5.41, 5.74) is 0. The Kier molecular flexibility index (Phi) is 2.97. The van der Waals surface area contributed by atoms with Crippen molar-refractivity contribution in [1.29, 1.82) is 0 Å². The molecule has 3 nitrogen and oxygen atoms in total. The molecule has 1 rings (SSSR count). The Balaban J connectivity index is 2.18. The zero-order valence-electron chi connectivity index (χ0n) is 5.63. The molecule has 0 saturated carbocycles. The SMILES string of the molecule is COC1CCOCOC1. The average Bonchev–Trinajstić information content (AvgIpc) is 2.13. The van der Waals surface area contributed by atoms with Gasteiger partial charge in [0, 0.05) is 7.11 Å². The molecule has 3 heteroatoms. The minimum Gasteiger partial charge on any atom is -0.379 e. The molecule has 1 saturated heterocycles. The van der Waals surface area contributed by atoms with Gasteiger partial charge in [0.1, 0.15) is 6.79 Å². The van der Waals surface area contributed by atoms with Crippen molar-refractivity contribution < 1.29 is 14.2 Å². The summed E-state index contributed by atoms with van der Waals surface area (Å²) < 4.78 is 15.1. The summed E-state index contributed by atoms with van der Waals surface area (Å²) >= 11 is 0. The Morgan fingerprint density at radius 2 is 2.33 bits per heavy atom. The van der Waals surface area contributed by atoms with E-state index < -0.39 is 0 Å². The van der Waals surface area contributed by atoms with Crippen LogP contribution in [-0.4, -0.2) is 33.2 Å². The normalized spacial score (nSPS) is 29.7. The lowest BCUT2D eigenvalue weighted by atomic mass is 10.3. The van der Waals surface area contributed by atoms with Gasteiger partial charge in [-0.3, -0.25) is 0 Å². The summed E-state index contributed by atoms with van der Waals surface area (Å²) in [6, 6.07) is 0. The highest BCUT2D eigenvalue weighted by atomic mass is 16.7. The summed E-state index contributed by atoms with van der Waals surface area (Å²) in [6.45, 7) is 1.83. The van der Waals surface area contributed by atoms with Crippen LogP contribution in [0, 0.1) is 0 Å². The van der Waals surface area contributed by atoms with Gasteiger partial charge in [0.2, 0.25) is 0 Å². The van der Waals surface area contributed by atoms with Gasteiger partial charge >= 0.3 is 0 Å². The smallest absolute Gasteiger partial charge is 0.146 e. The van der Waals surface area contributed by atoms with Crippen LogP contribution in [0.3, 0.4) is 0 Å². The molecule has 1 fully saturated rings. The van der Waals surface area contributed by atoms with Crippen LogP contribution in [0.1, 0.15) is 6.42 Å². The van der Waals surface area contributed by atoms with Gasteiger partial charge in [0.05, 0.1) is 19.3 Å². The van der Waals surface area contributed by atoms with E-state index in [2.05, 4.69) is 0 Å². The molecule has 0 aromatic rings. The first-order valence-electron chi connectivity index (χ1n) is 3.12. The first-order chi connectivity index (χ1) is 4.43. The molecule has 0 N–H and O–H groups in total. The monoisotopic (exact) mass is 132 g/mol. The van der Waals surface area contributed by atoms with Crippen molar-refractivity contribution in [2.24, 2.45) is 0 Å². The van der Waals surface area contributed by atoms with Crippen LogP contribution < -0.4 is 0 Å². The van der Waals surface area contributed by atoms with E-state index in [1.54, 1.807) is 7.11 Å². The van der Waals surface area contributed by atoms with Gasteiger partial charge < -0.3 is 14.2 Å². The molecule has 0 aliphatic carbocycles. The molecule has 1 atom stereocenters. The molecule has 0 bridgehead atoms. The number of hydrogen-bond donors (Lipinski definition) is 0. The molecule has 1 aliphatic heterocycles. The van der Waals surface area contributed by atoms with E-state index in [9.17, 15) is 0 Å². The molecule has 1 aliphatic rings. The molecule has 0 amide bonds. The zero-order valence-corrected chi connectivity index (χ0v) is 5.63. The van der Waals surface area contributed by atoms with Crippen molar-refractivity contribution in [1.82, 2.24) is 0 Å². The van der Waals surface area contributed by atoms with Crippen LogP contribution >= 0.6 is 0 Å². The van der Waals surface area contributed by atoms with Crippen LogP contribution in [0.4, 0.5) is 0 Å². The largest absolute Gasteiger partial charge is 0.379 e. The van der Waals surface area contributed by atoms with E-state index in [4.69, 9.17) is 14.2 Å². The molecular formula is C6H12O3. The summed E-state index contributed by atoms with van der Waals surface area (Å²) in [7, 11) is 1.69. The minimum atomic E-state index is 0.229. The minimum absolute atomic E-state index is 0.229. The summed E-state index contributed by atoms with van der Waals surface area (Å²) in [4.78, 5) is 0. The van der Waals surface area contributed by atoms with Gasteiger partial charge in [-0.05, 0) is 6.42 Å². The Morgan fingerprint density at radius 3 is 3.11 bits per heavy atom. The maximum Gasteiger partial charge on any atom is 0.146 e. The molecule has 54 valence electrons. The Bertz CT molecular complexity index is 66.7. The fourth-order valence-electron chi connectivity index (χ4n) is 0.781. The van der Waals surface area contributed by atoms with E-state index >= 15 is 0 Å². The first-order valence-corrected chi connectivity index (χ1v) is 3.12. The standard InChI is InChI=1S/C6H12O3/c1-7-6-2-3-8-5-9-4-6/h6H,2-5H2,1H3. The maximum absolute atomic E-state index is 5.07. The van der Waals surface area contributed by atoms with Crippen LogP contribution in [0.25, 0.3) is 0 Å². The van der Waals surface area contributed by atoms with Crippen molar-refractivity contribution in [3.05, 3.63) is 0 Å². The van der Waals surface area contributed by atoms with Gasteiger partial charge in [0.15, 0.2) is 0 Å². The van der Waals surface area contributed by atoms with Crippen molar-refractivity contribution in [2.45, 2.75) is 12.5 Å². The van der Waals surface area contributed by atoms with Crippen molar-refractivity contribution in [2.75, 3.05) is 27.1 Å². The highest BCUT2D eigenvalue weighted by Gasteiger charge is 2.10. The molecule has 0 aromatic heterocycles. The number of methoxy groups -OCH3 is 1. The highest BCUT2D eigenvalue weighted by Crippen LogP contribution is 2.02. The molecule has 1 heterocycles. The third-order valence-corrected chi connectivity index (χ3v) is 1.39. The fraction of sp³-hybridized carbons (Fsp3) is 1.00. The van der Waals surface area contributed by atoms with Crippen LogP contribution in [0.2, 0.25) is 0 Å². The second kappa shape index (κ2) is 3.82. The molecule has 0 radical (unpaired) electrons. The molecular weight excluding hydrogens is 120 g/mol. The number of rotatable bonds is 1. The van der Waals surface area contributed by atoms with Gasteiger partial charge in [-0.2, -0.15) is 0 Å². The highest BCUT2D eigenvalue weighted by molar-refractivity contribution is 4.56. The summed E-state index contributed by atoms with van der Waals surface area (Å²) in [5, 5.41) is 0. The lowest BCUT2D eigenvalue weighted by Gasteiger charge is -2.08. The second-order valence-electron chi connectivity index (χ2n) is 2.04. The van der Waals surface area contributed by atoms with Gasteiger partial charge in [0.25, 0.3) is 0 Å². The van der Waals surface area contributed by atoms with Crippen molar-refractivity contribution >= 4 is 0 Å². The lowest BCUT2D eigenvalue weighted by Crippen LogP contribution is -2.16. The topological polar surface area (TPSA) is 27.7 Å². The van der Waals surface area contributed by atoms with Gasteiger partial charge in [-0.15, -0.1) is 0 Å². The third kappa shape index (κ3) is 2.30. The van der Waals surface area contributed by atoms with E-state index in [1.807, 2.05) is 0 Å². The molecule has 1 unspecified atom stereocenters. The Morgan fingerprint density at radius 1 is 1.44 bits per heavy atom. The first kappa shape index (κ1) is 6.99. The lowest BCUT2D eigenvalue weighted by molar-refractivity contribution is -0.0465. The summed E-state index contributed by atoms with van der Waals surface area (Å²) in [5.74, 6) is 0. The second-order valence-corrected chi connectivity index (χ2v) is 2.04. The quantitative estimate of drug-likeness (QED) is 0.516. The number of hydrogen-bond acceptors (Lipinski definition) is 3. The van der Waals surface area contributed by atoms with E-state index in [-0.39, 0.29) is 6.10 Å². The fourth-order valence-corrected chi connectivity index (χ4v) is 0.781. The summed E-state index contributed by atoms with van der Waals surface area (Å²) in [6.07, 6.45) is 1.17. The Hall–Kier alpha value is -0.120. The Labute approximate surface area is 54.9 Å². The third-order valence-electron chi connectivity index (χ3n) is 1.39. The van der Waals surface area contributed by atoms with Crippen molar-refractivity contribution in [3.63, 3.8) is 0 Å². The maximum atomic E-state index is 5.07. The van der Waals surface area contributed by atoms with Gasteiger partial charge in [-0.1, -0.05) is 0 Å². The van der Waals surface area contributed by atoms with E-state index in [0.717, 1.165) is 13.0 Å². The molecule has 0 aromatic carbocycles. The van der Waals surface area contributed by atoms with Gasteiger partial charge in [-0.25, -0.2) is 0 Å². The van der Waals surface area contributed by atoms with E-state index in [0.29, 0.717) is 13.4 Å². The average molecular weight is 132 g/mol. The van der Waals surface area contributed by atoms with E-state index in [1.165, 1.54) is 0 Å². The zero-order chi connectivity index (χ0) is 6.53. The molecule has 9 heavy (non-hydrogen) atoms. The number of ether oxygens (including phenoxy) is 3.